The van der Waals surface area contributed by atoms with E-state index in [1.807, 2.05) is 26.2 Å². The Hall–Kier alpha value is -1.85. The lowest BCUT2D eigenvalue weighted by atomic mass is 9.97. The molecule has 1 fully saturated rings. The van der Waals surface area contributed by atoms with Crippen LogP contribution in [0.1, 0.15) is 39.3 Å². The largest absolute Gasteiger partial charge is 0.342 e. The Bertz CT molecular complexity index is 523. The average molecular weight is 292 g/mol. The summed E-state index contributed by atoms with van der Waals surface area (Å²) in [6.45, 7) is 6.41. The Morgan fingerprint density at radius 2 is 2.10 bits per heavy atom. The maximum atomic E-state index is 12.7. The van der Waals surface area contributed by atoms with Gasteiger partial charge in [-0.05, 0) is 24.8 Å². The number of aryl methyl sites for hydroxylation is 1. The molecular weight excluding hydrogens is 268 g/mol. The fraction of sp³-hybridized carbons (Fsp3) is 0.667. The molecule has 0 aromatic carbocycles. The third kappa shape index (κ3) is 3.43. The minimum absolute atomic E-state index is 0.000744. The summed E-state index contributed by atoms with van der Waals surface area (Å²) < 4.78 is 1.70. The molecule has 1 N–H and O–H groups in total. The van der Waals surface area contributed by atoms with Crippen LogP contribution in [0.15, 0.2) is 12.3 Å². The van der Waals surface area contributed by atoms with E-state index in [4.69, 9.17) is 0 Å². The van der Waals surface area contributed by atoms with Crippen molar-refractivity contribution >= 4 is 11.8 Å². The standard InChI is InChI=1S/C15H24N4O2/c1-5-13-14(20)16-12(8-10(2)3)15(21)19(13)9-11-6-7-18(4)17-11/h6-7,10,12-13H,5,8-9H2,1-4H3,(H,16,20). The molecule has 1 aliphatic heterocycles. The molecular formula is C15H24N4O2. The molecule has 2 unspecified atom stereocenters. The van der Waals surface area contributed by atoms with Gasteiger partial charge in [0.05, 0.1) is 12.2 Å². The zero-order valence-electron chi connectivity index (χ0n) is 13.2. The summed E-state index contributed by atoms with van der Waals surface area (Å²) in [5.74, 6) is 0.300. The Morgan fingerprint density at radius 1 is 1.38 bits per heavy atom. The van der Waals surface area contributed by atoms with E-state index in [9.17, 15) is 9.59 Å². The molecule has 1 aliphatic rings. The van der Waals surface area contributed by atoms with Gasteiger partial charge in [0.25, 0.3) is 0 Å². The van der Waals surface area contributed by atoms with Gasteiger partial charge in [-0.1, -0.05) is 20.8 Å². The van der Waals surface area contributed by atoms with Crippen LogP contribution in [0.25, 0.3) is 0 Å². The van der Waals surface area contributed by atoms with Crippen LogP contribution in [0.4, 0.5) is 0 Å². The van der Waals surface area contributed by atoms with Gasteiger partial charge in [0.1, 0.15) is 12.1 Å². The highest BCUT2D eigenvalue weighted by atomic mass is 16.2. The van der Waals surface area contributed by atoms with E-state index >= 15 is 0 Å². The van der Waals surface area contributed by atoms with E-state index < -0.39 is 12.1 Å². The van der Waals surface area contributed by atoms with Gasteiger partial charge < -0.3 is 10.2 Å². The van der Waals surface area contributed by atoms with Crippen LogP contribution < -0.4 is 5.32 Å². The first kappa shape index (κ1) is 15.5. The summed E-state index contributed by atoms with van der Waals surface area (Å²) in [4.78, 5) is 26.6. The smallest absolute Gasteiger partial charge is 0.246 e. The lowest BCUT2D eigenvalue weighted by molar-refractivity contribution is -0.150. The number of aromatic nitrogens is 2. The quantitative estimate of drug-likeness (QED) is 0.883. The highest BCUT2D eigenvalue weighted by Crippen LogP contribution is 2.19. The summed E-state index contributed by atoms with van der Waals surface area (Å²) in [5, 5.41) is 7.17. The SMILES string of the molecule is CCC1C(=O)NC(CC(C)C)C(=O)N1Cc1ccn(C)n1. The molecule has 1 saturated heterocycles. The predicted octanol–water partition coefficient (Wildman–Crippen LogP) is 1.07. The molecule has 2 atom stereocenters. The molecule has 2 rings (SSSR count). The zero-order valence-corrected chi connectivity index (χ0v) is 13.2. The molecule has 0 bridgehead atoms. The first-order valence-corrected chi connectivity index (χ1v) is 7.51. The second-order valence-corrected chi connectivity index (χ2v) is 6.06. The summed E-state index contributed by atoms with van der Waals surface area (Å²) in [7, 11) is 1.84. The van der Waals surface area contributed by atoms with Gasteiger partial charge in [-0.15, -0.1) is 0 Å². The number of hydrogen-bond acceptors (Lipinski definition) is 3. The number of carbonyl (C=O) groups excluding carboxylic acids is 2. The molecule has 0 aliphatic carbocycles. The fourth-order valence-corrected chi connectivity index (χ4v) is 2.77. The second kappa shape index (κ2) is 6.28. The summed E-state index contributed by atoms with van der Waals surface area (Å²) >= 11 is 0. The fourth-order valence-electron chi connectivity index (χ4n) is 2.77. The number of carbonyl (C=O) groups is 2. The van der Waals surface area contributed by atoms with E-state index in [2.05, 4.69) is 24.3 Å². The summed E-state index contributed by atoms with van der Waals surface area (Å²) in [6, 6.07) is 1.07. The average Bonchev–Trinajstić information content (AvgIpc) is 2.80. The van der Waals surface area contributed by atoms with E-state index in [1.54, 1.807) is 9.58 Å². The zero-order chi connectivity index (χ0) is 15.6. The minimum atomic E-state index is -0.413. The van der Waals surface area contributed by atoms with Crippen molar-refractivity contribution < 1.29 is 9.59 Å². The summed E-state index contributed by atoms with van der Waals surface area (Å²) in [6.07, 6.45) is 3.12. The molecule has 1 aromatic heterocycles. The van der Waals surface area contributed by atoms with E-state index in [0.29, 0.717) is 25.3 Å². The van der Waals surface area contributed by atoms with Gasteiger partial charge in [0.2, 0.25) is 11.8 Å². The van der Waals surface area contributed by atoms with Crippen LogP contribution in [-0.4, -0.2) is 38.6 Å². The lowest BCUT2D eigenvalue weighted by Crippen LogP contribution is -2.63. The van der Waals surface area contributed by atoms with Crippen molar-refractivity contribution in [1.29, 1.82) is 0 Å². The Labute approximate surface area is 125 Å². The van der Waals surface area contributed by atoms with Gasteiger partial charge in [-0.3, -0.25) is 14.3 Å². The predicted molar refractivity (Wildman–Crippen MR) is 79.2 cm³/mol. The number of amides is 2. The van der Waals surface area contributed by atoms with E-state index in [-0.39, 0.29) is 11.8 Å². The van der Waals surface area contributed by atoms with Gasteiger partial charge in [0, 0.05) is 13.2 Å². The molecule has 0 saturated carbocycles. The minimum Gasteiger partial charge on any atom is -0.342 e. The molecule has 0 spiro atoms. The number of piperazine rings is 1. The second-order valence-electron chi connectivity index (χ2n) is 6.06. The maximum Gasteiger partial charge on any atom is 0.246 e. The van der Waals surface area contributed by atoms with Crippen LogP contribution in [0.5, 0.6) is 0 Å². The Balaban J connectivity index is 2.19. The van der Waals surface area contributed by atoms with Crippen molar-refractivity contribution in [3.63, 3.8) is 0 Å². The highest BCUT2D eigenvalue weighted by Gasteiger charge is 2.39. The summed E-state index contributed by atoms with van der Waals surface area (Å²) in [5.41, 5.74) is 0.808. The Morgan fingerprint density at radius 3 is 2.62 bits per heavy atom. The topological polar surface area (TPSA) is 67.2 Å². The van der Waals surface area contributed by atoms with Crippen LogP contribution >= 0.6 is 0 Å². The van der Waals surface area contributed by atoms with Gasteiger partial charge in [-0.2, -0.15) is 5.10 Å². The number of nitrogens with one attached hydrogen (secondary N) is 1. The van der Waals surface area contributed by atoms with Crippen molar-refractivity contribution in [2.24, 2.45) is 13.0 Å². The van der Waals surface area contributed by atoms with Gasteiger partial charge >= 0.3 is 0 Å². The van der Waals surface area contributed by atoms with Crippen LogP contribution in [-0.2, 0) is 23.2 Å². The van der Waals surface area contributed by atoms with Gasteiger partial charge in [0.15, 0.2) is 0 Å². The van der Waals surface area contributed by atoms with E-state index in [0.717, 1.165) is 5.69 Å². The third-order valence-corrected chi connectivity index (χ3v) is 3.77. The number of rotatable bonds is 5. The molecule has 0 radical (unpaired) electrons. The molecule has 6 heteroatoms. The van der Waals surface area contributed by atoms with Crippen molar-refractivity contribution in [1.82, 2.24) is 20.0 Å². The molecule has 1 aromatic rings. The maximum absolute atomic E-state index is 12.7. The van der Waals surface area contributed by atoms with Crippen LogP contribution in [0.2, 0.25) is 0 Å². The number of hydrogen-bond donors (Lipinski definition) is 1. The van der Waals surface area contributed by atoms with Crippen molar-refractivity contribution in [2.75, 3.05) is 0 Å². The Kier molecular flexibility index (Phi) is 4.65. The molecule has 21 heavy (non-hydrogen) atoms. The first-order chi connectivity index (χ1) is 9.92. The van der Waals surface area contributed by atoms with E-state index in [1.165, 1.54) is 0 Å². The monoisotopic (exact) mass is 292 g/mol. The molecule has 2 heterocycles. The van der Waals surface area contributed by atoms with Crippen molar-refractivity contribution in [3.8, 4) is 0 Å². The van der Waals surface area contributed by atoms with Crippen LogP contribution in [0, 0.1) is 5.92 Å². The normalized spacial score (nSPS) is 22.8. The lowest BCUT2D eigenvalue weighted by Gasteiger charge is -2.38. The molecule has 2 amide bonds. The van der Waals surface area contributed by atoms with Gasteiger partial charge in [-0.25, -0.2) is 0 Å². The number of nitrogens with zero attached hydrogens (tertiary/aromatic N) is 3. The molecule has 116 valence electrons. The molecule has 6 nitrogen and oxygen atoms in total. The van der Waals surface area contributed by atoms with Crippen LogP contribution in [0.3, 0.4) is 0 Å². The van der Waals surface area contributed by atoms with Crippen molar-refractivity contribution in [3.05, 3.63) is 18.0 Å². The first-order valence-electron chi connectivity index (χ1n) is 7.51. The highest BCUT2D eigenvalue weighted by molar-refractivity contribution is 5.96. The van der Waals surface area contributed by atoms with Crippen molar-refractivity contribution in [2.45, 2.75) is 52.2 Å². The third-order valence-electron chi connectivity index (χ3n) is 3.77.